The first-order chi connectivity index (χ1) is 7.36. The van der Waals surface area contributed by atoms with Gasteiger partial charge in [-0.15, -0.1) is 0 Å². The molecule has 1 aliphatic rings. The average molecular weight is 207 g/mol. The highest BCUT2D eigenvalue weighted by Gasteiger charge is 2.18. The van der Waals surface area contributed by atoms with Gasteiger partial charge >= 0.3 is 0 Å². The van der Waals surface area contributed by atoms with E-state index in [2.05, 4.69) is 16.5 Å². The normalized spacial score (nSPS) is 17.5. The molecule has 0 aromatic carbocycles. The standard InChI is InChI=1S/C12H21N3/c1-2-10(7-8-13)15-9-14-11-5-3-4-6-12(11)15/h9-10H,2-8,13H2,1H3. The van der Waals surface area contributed by atoms with Crippen LogP contribution in [-0.2, 0) is 12.8 Å². The van der Waals surface area contributed by atoms with Gasteiger partial charge in [0.05, 0.1) is 12.0 Å². The van der Waals surface area contributed by atoms with Crippen LogP contribution in [0.15, 0.2) is 6.33 Å². The number of aryl methyl sites for hydroxylation is 1. The minimum absolute atomic E-state index is 0.560. The largest absolute Gasteiger partial charge is 0.331 e. The highest BCUT2D eigenvalue weighted by Crippen LogP contribution is 2.25. The van der Waals surface area contributed by atoms with Crippen LogP contribution in [0.2, 0.25) is 0 Å². The van der Waals surface area contributed by atoms with Crippen LogP contribution in [0.5, 0.6) is 0 Å². The van der Waals surface area contributed by atoms with E-state index >= 15 is 0 Å². The minimum atomic E-state index is 0.560. The van der Waals surface area contributed by atoms with Gasteiger partial charge in [0.2, 0.25) is 0 Å². The average Bonchev–Trinajstić information content (AvgIpc) is 2.70. The molecule has 0 radical (unpaired) electrons. The zero-order valence-corrected chi connectivity index (χ0v) is 9.58. The number of nitrogens with two attached hydrogens (primary N) is 1. The van der Waals surface area contributed by atoms with Gasteiger partial charge in [-0.25, -0.2) is 4.98 Å². The third-order valence-electron chi connectivity index (χ3n) is 3.42. The van der Waals surface area contributed by atoms with Crippen molar-refractivity contribution in [3.8, 4) is 0 Å². The third kappa shape index (κ3) is 2.07. The number of rotatable bonds is 4. The smallest absolute Gasteiger partial charge is 0.0954 e. The molecule has 1 heterocycles. The number of aromatic nitrogens is 2. The van der Waals surface area contributed by atoms with Crippen molar-refractivity contribution in [2.24, 2.45) is 5.73 Å². The van der Waals surface area contributed by atoms with Crippen molar-refractivity contribution in [1.82, 2.24) is 9.55 Å². The Morgan fingerprint density at radius 3 is 3.00 bits per heavy atom. The van der Waals surface area contributed by atoms with Gasteiger partial charge in [0.15, 0.2) is 0 Å². The molecule has 1 atom stereocenters. The fourth-order valence-corrected chi connectivity index (χ4v) is 2.54. The molecular weight excluding hydrogens is 186 g/mol. The zero-order valence-electron chi connectivity index (χ0n) is 9.58. The highest BCUT2D eigenvalue weighted by molar-refractivity contribution is 5.17. The van der Waals surface area contributed by atoms with Crippen molar-refractivity contribution < 1.29 is 0 Å². The monoisotopic (exact) mass is 207 g/mol. The van der Waals surface area contributed by atoms with E-state index in [0.29, 0.717) is 6.04 Å². The van der Waals surface area contributed by atoms with Crippen LogP contribution >= 0.6 is 0 Å². The molecule has 1 aliphatic carbocycles. The molecule has 0 spiro atoms. The van der Waals surface area contributed by atoms with Crippen molar-refractivity contribution in [3.63, 3.8) is 0 Å². The predicted octanol–water partition coefficient (Wildman–Crippen LogP) is 2.06. The molecule has 1 aromatic heterocycles. The van der Waals surface area contributed by atoms with Gasteiger partial charge in [-0.2, -0.15) is 0 Å². The molecule has 1 aromatic rings. The second kappa shape index (κ2) is 4.79. The topological polar surface area (TPSA) is 43.8 Å². The predicted molar refractivity (Wildman–Crippen MR) is 61.9 cm³/mol. The molecule has 3 nitrogen and oxygen atoms in total. The molecule has 0 saturated carbocycles. The van der Waals surface area contributed by atoms with Crippen molar-refractivity contribution in [3.05, 3.63) is 17.7 Å². The minimum Gasteiger partial charge on any atom is -0.331 e. The maximum Gasteiger partial charge on any atom is 0.0954 e. The summed E-state index contributed by atoms with van der Waals surface area (Å²) in [5, 5.41) is 0. The fourth-order valence-electron chi connectivity index (χ4n) is 2.54. The van der Waals surface area contributed by atoms with Crippen LogP contribution in [0.4, 0.5) is 0 Å². The van der Waals surface area contributed by atoms with E-state index in [9.17, 15) is 0 Å². The summed E-state index contributed by atoms with van der Waals surface area (Å²) in [6, 6.07) is 0.560. The van der Waals surface area contributed by atoms with Gasteiger partial charge in [0, 0.05) is 11.7 Å². The number of imidazole rings is 1. The second-order valence-corrected chi connectivity index (χ2v) is 4.39. The highest BCUT2D eigenvalue weighted by atomic mass is 15.1. The van der Waals surface area contributed by atoms with Gasteiger partial charge in [-0.3, -0.25) is 0 Å². The SMILES string of the molecule is CCC(CCN)n1cnc2c1CCCC2. The lowest BCUT2D eigenvalue weighted by Gasteiger charge is -2.21. The van der Waals surface area contributed by atoms with Crippen molar-refractivity contribution >= 4 is 0 Å². The molecule has 0 aliphatic heterocycles. The molecule has 2 rings (SSSR count). The fraction of sp³-hybridized carbons (Fsp3) is 0.750. The maximum atomic E-state index is 5.65. The van der Waals surface area contributed by atoms with Crippen molar-refractivity contribution in [2.45, 2.75) is 51.5 Å². The molecule has 3 heteroatoms. The van der Waals surface area contributed by atoms with Crippen molar-refractivity contribution in [1.29, 1.82) is 0 Å². The van der Waals surface area contributed by atoms with E-state index in [0.717, 1.165) is 19.4 Å². The number of hydrogen-bond donors (Lipinski definition) is 1. The quantitative estimate of drug-likeness (QED) is 0.821. The van der Waals surface area contributed by atoms with Crippen molar-refractivity contribution in [2.75, 3.05) is 6.54 Å². The van der Waals surface area contributed by atoms with Gasteiger partial charge in [-0.05, 0) is 45.1 Å². The Morgan fingerprint density at radius 2 is 2.27 bits per heavy atom. The number of nitrogens with zero attached hydrogens (tertiary/aromatic N) is 2. The van der Waals surface area contributed by atoms with Gasteiger partial charge in [-0.1, -0.05) is 6.92 Å². The summed E-state index contributed by atoms with van der Waals surface area (Å²) in [5.41, 5.74) is 8.46. The summed E-state index contributed by atoms with van der Waals surface area (Å²) in [7, 11) is 0. The van der Waals surface area contributed by atoms with Crippen LogP contribution in [0.25, 0.3) is 0 Å². The Balaban J connectivity index is 2.22. The van der Waals surface area contributed by atoms with Gasteiger partial charge < -0.3 is 10.3 Å². The molecule has 84 valence electrons. The van der Waals surface area contributed by atoms with E-state index < -0.39 is 0 Å². The Hall–Kier alpha value is -0.830. The molecule has 15 heavy (non-hydrogen) atoms. The Labute approximate surface area is 91.7 Å². The Bertz CT molecular complexity index is 317. The summed E-state index contributed by atoms with van der Waals surface area (Å²) in [6.07, 6.45) is 9.24. The van der Waals surface area contributed by atoms with E-state index in [-0.39, 0.29) is 0 Å². The molecule has 0 bridgehead atoms. The lowest BCUT2D eigenvalue weighted by atomic mass is 10.00. The molecule has 0 amide bonds. The lowest BCUT2D eigenvalue weighted by molar-refractivity contribution is 0.439. The van der Waals surface area contributed by atoms with E-state index in [1.54, 1.807) is 0 Å². The summed E-state index contributed by atoms with van der Waals surface area (Å²) in [5.74, 6) is 0. The number of fused-ring (bicyclic) bond motifs is 1. The van der Waals surface area contributed by atoms with Crippen LogP contribution in [-0.4, -0.2) is 16.1 Å². The summed E-state index contributed by atoms with van der Waals surface area (Å²) in [4.78, 5) is 4.53. The molecule has 2 N–H and O–H groups in total. The molecular formula is C12H21N3. The first-order valence-corrected chi connectivity index (χ1v) is 6.11. The lowest BCUT2D eigenvalue weighted by Crippen LogP contribution is -2.16. The van der Waals surface area contributed by atoms with Crippen LogP contribution in [0.3, 0.4) is 0 Å². The van der Waals surface area contributed by atoms with E-state index in [1.165, 1.54) is 37.1 Å². The molecule has 0 fully saturated rings. The van der Waals surface area contributed by atoms with Crippen LogP contribution in [0, 0.1) is 0 Å². The molecule has 1 unspecified atom stereocenters. The van der Waals surface area contributed by atoms with E-state index in [1.807, 2.05) is 6.33 Å². The first kappa shape index (κ1) is 10.7. The van der Waals surface area contributed by atoms with Crippen LogP contribution in [0.1, 0.15) is 50.0 Å². The Kier molecular flexibility index (Phi) is 3.41. The second-order valence-electron chi connectivity index (χ2n) is 4.39. The number of hydrogen-bond acceptors (Lipinski definition) is 2. The van der Waals surface area contributed by atoms with Crippen LogP contribution < -0.4 is 5.73 Å². The summed E-state index contributed by atoms with van der Waals surface area (Å²) < 4.78 is 2.38. The summed E-state index contributed by atoms with van der Waals surface area (Å²) >= 11 is 0. The Morgan fingerprint density at radius 1 is 1.47 bits per heavy atom. The van der Waals surface area contributed by atoms with Gasteiger partial charge in [0.25, 0.3) is 0 Å². The zero-order chi connectivity index (χ0) is 10.7. The van der Waals surface area contributed by atoms with Gasteiger partial charge in [0.1, 0.15) is 0 Å². The summed E-state index contributed by atoms with van der Waals surface area (Å²) in [6.45, 7) is 3.00. The third-order valence-corrected chi connectivity index (χ3v) is 3.42. The van der Waals surface area contributed by atoms with E-state index in [4.69, 9.17) is 5.73 Å². The first-order valence-electron chi connectivity index (χ1n) is 6.11. The maximum absolute atomic E-state index is 5.65. The molecule has 0 saturated heterocycles.